The van der Waals surface area contributed by atoms with Crippen molar-refractivity contribution in [2.24, 2.45) is 0 Å². The lowest BCUT2D eigenvalue weighted by Crippen LogP contribution is -1.97. The quantitative estimate of drug-likeness (QED) is 0.212. The van der Waals surface area contributed by atoms with Gasteiger partial charge in [0.2, 0.25) is 0 Å². The standard InChI is InChI=1S/C37H23N5/c1-3-10-24(11-4-1)33-27-14-7-8-15-28(27)34(25-12-5-2-6-13-25)30-22-26(17-18-29(30)33)31-23-42-32-16-9-19-38-35(32)41-21-20-39-36(41)37(42)40-31/h1-23H. The number of aromatic nitrogens is 5. The van der Waals surface area contributed by atoms with Crippen LogP contribution in [0.5, 0.6) is 0 Å². The average molecular weight is 538 g/mol. The van der Waals surface area contributed by atoms with Crippen LogP contribution in [0.1, 0.15) is 0 Å². The molecule has 4 heterocycles. The Hall–Kier alpha value is -5.81. The van der Waals surface area contributed by atoms with Crippen molar-refractivity contribution in [2.45, 2.75) is 0 Å². The van der Waals surface area contributed by atoms with E-state index in [1.165, 1.54) is 43.8 Å². The van der Waals surface area contributed by atoms with Gasteiger partial charge in [-0.3, -0.25) is 8.80 Å². The second-order valence-corrected chi connectivity index (χ2v) is 10.6. The summed E-state index contributed by atoms with van der Waals surface area (Å²) in [6, 6.07) is 41.0. The van der Waals surface area contributed by atoms with Crippen molar-refractivity contribution in [3.05, 3.63) is 140 Å². The molecule has 0 radical (unpaired) electrons. The maximum Gasteiger partial charge on any atom is 0.182 e. The third-order valence-corrected chi connectivity index (χ3v) is 8.25. The Bertz CT molecular complexity index is 2450. The molecule has 9 aromatic rings. The summed E-state index contributed by atoms with van der Waals surface area (Å²) in [5.41, 5.74) is 10.3. The van der Waals surface area contributed by atoms with Crippen LogP contribution < -0.4 is 0 Å². The highest BCUT2D eigenvalue weighted by atomic mass is 15.1. The number of nitrogens with zero attached hydrogens (tertiary/aromatic N) is 5. The fourth-order valence-corrected chi connectivity index (χ4v) is 6.43. The molecule has 0 aliphatic carbocycles. The van der Waals surface area contributed by atoms with Crippen LogP contribution in [0.25, 0.3) is 77.5 Å². The second-order valence-electron chi connectivity index (χ2n) is 10.6. The lowest BCUT2D eigenvalue weighted by Gasteiger charge is -2.18. The van der Waals surface area contributed by atoms with Gasteiger partial charge in [0.05, 0.1) is 11.2 Å². The Morgan fingerprint density at radius 3 is 1.83 bits per heavy atom. The summed E-state index contributed by atoms with van der Waals surface area (Å²) in [4.78, 5) is 14.4. The Kier molecular flexibility index (Phi) is 4.83. The van der Waals surface area contributed by atoms with Gasteiger partial charge in [-0.1, -0.05) is 97.1 Å². The van der Waals surface area contributed by atoms with Gasteiger partial charge in [0.1, 0.15) is 0 Å². The third-order valence-electron chi connectivity index (χ3n) is 8.25. The molecule has 9 rings (SSSR count). The van der Waals surface area contributed by atoms with Gasteiger partial charge in [-0.2, -0.15) is 0 Å². The van der Waals surface area contributed by atoms with Crippen molar-refractivity contribution in [3.8, 4) is 33.5 Å². The molecule has 0 unspecified atom stereocenters. The monoisotopic (exact) mass is 537 g/mol. The van der Waals surface area contributed by atoms with Gasteiger partial charge in [-0.15, -0.1) is 0 Å². The first-order valence-electron chi connectivity index (χ1n) is 14.0. The molecule has 196 valence electrons. The van der Waals surface area contributed by atoms with Crippen LogP contribution in [0.15, 0.2) is 140 Å². The average Bonchev–Trinajstić information content (AvgIpc) is 3.73. The van der Waals surface area contributed by atoms with E-state index in [-0.39, 0.29) is 0 Å². The zero-order chi connectivity index (χ0) is 27.6. The number of hydrogen-bond donors (Lipinski definition) is 0. The minimum Gasteiger partial charge on any atom is -0.293 e. The summed E-state index contributed by atoms with van der Waals surface area (Å²) in [6.45, 7) is 0. The number of benzene rings is 5. The minimum atomic E-state index is 0.788. The Balaban J connectivity index is 1.39. The van der Waals surface area contributed by atoms with Crippen molar-refractivity contribution < 1.29 is 0 Å². The van der Waals surface area contributed by atoms with Crippen LogP contribution in [0.4, 0.5) is 0 Å². The molecule has 0 amide bonds. The first-order valence-corrected chi connectivity index (χ1v) is 14.0. The van der Waals surface area contributed by atoms with Crippen molar-refractivity contribution in [1.29, 1.82) is 0 Å². The lowest BCUT2D eigenvalue weighted by molar-refractivity contribution is 1.13. The number of hydrogen-bond acceptors (Lipinski definition) is 3. The topological polar surface area (TPSA) is 47.5 Å². The summed E-state index contributed by atoms with van der Waals surface area (Å²) in [6.07, 6.45) is 7.67. The van der Waals surface area contributed by atoms with E-state index < -0.39 is 0 Å². The van der Waals surface area contributed by atoms with E-state index in [2.05, 4.69) is 130 Å². The molecule has 0 saturated heterocycles. The first kappa shape index (κ1) is 22.9. The molecule has 5 nitrogen and oxygen atoms in total. The molecule has 0 aliphatic heterocycles. The Morgan fingerprint density at radius 2 is 1.10 bits per heavy atom. The highest BCUT2D eigenvalue weighted by Gasteiger charge is 2.19. The van der Waals surface area contributed by atoms with Crippen LogP contribution in [0.2, 0.25) is 0 Å². The zero-order valence-corrected chi connectivity index (χ0v) is 22.5. The first-order chi connectivity index (χ1) is 20.8. The van der Waals surface area contributed by atoms with Gasteiger partial charge in [-0.25, -0.2) is 15.0 Å². The summed E-state index contributed by atoms with van der Waals surface area (Å²) in [5, 5.41) is 4.90. The number of rotatable bonds is 3. The van der Waals surface area contributed by atoms with Crippen LogP contribution in [0, 0.1) is 0 Å². The predicted molar refractivity (Wildman–Crippen MR) is 171 cm³/mol. The van der Waals surface area contributed by atoms with Crippen molar-refractivity contribution in [3.63, 3.8) is 0 Å². The maximum absolute atomic E-state index is 5.14. The second kappa shape index (κ2) is 8.85. The molecule has 0 spiro atoms. The maximum atomic E-state index is 5.14. The van der Waals surface area contributed by atoms with Crippen LogP contribution in [-0.2, 0) is 0 Å². The van der Waals surface area contributed by atoms with Crippen LogP contribution in [0.3, 0.4) is 0 Å². The zero-order valence-electron chi connectivity index (χ0n) is 22.5. The van der Waals surface area contributed by atoms with E-state index in [0.29, 0.717) is 0 Å². The summed E-state index contributed by atoms with van der Waals surface area (Å²) < 4.78 is 4.12. The van der Waals surface area contributed by atoms with Gasteiger partial charge < -0.3 is 0 Å². The van der Waals surface area contributed by atoms with E-state index >= 15 is 0 Å². The molecule has 5 aromatic carbocycles. The molecule has 0 fully saturated rings. The van der Waals surface area contributed by atoms with E-state index in [4.69, 9.17) is 4.98 Å². The van der Waals surface area contributed by atoms with Gasteiger partial charge >= 0.3 is 0 Å². The molecular formula is C37H23N5. The molecule has 0 N–H and O–H groups in total. The van der Waals surface area contributed by atoms with Gasteiger partial charge in [0, 0.05) is 30.4 Å². The van der Waals surface area contributed by atoms with Gasteiger partial charge in [0.25, 0.3) is 0 Å². The Labute approximate surface area is 241 Å². The van der Waals surface area contributed by atoms with E-state index in [0.717, 1.165) is 33.7 Å². The molecule has 0 saturated carbocycles. The van der Waals surface area contributed by atoms with Crippen molar-refractivity contribution in [2.75, 3.05) is 0 Å². The summed E-state index contributed by atoms with van der Waals surface area (Å²) >= 11 is 0. The molecular weight excluding hydrogens is 514 g/mol. The third kappa shape index (κ3) is 3.28. The highest BCUT2D eigenvalue weighted by molar-refractivity contribution is 6.21. The molecule has 5 heteroatoms. The number of imidazole rings is 2. The minimum absolute atomic E-state index is 0.788. The van der Waals surface area contributed by atoms with Gasteiger partial charge in [-0.05, 0) is 62.0 Å². The largest absolute Gasteiger partial charge is 0.293 e. The van der Waals surface area contributed by atoms with E-state index in [9.17, 15) is 0 Å². The van der Waals surface area contributed by atoms with E-state index in [1.807, 2.05) is 22.9 Å². The SMILES string of the molecule is c1ccc(-c2c3ccccc3c(-c3ccccc3)c3cc(-c4cn5c6cccnc6n6ccnc6c5n4)ccc23)cc1. The van der Waals surface area contributed by atoms with Crippen LogP contribution >= 0.6 is 0 Å². The van der Waals surface area contributed by atoms with Gasteiger partial charge in [0.15, 0.2) is 16.9 Å². The van der Waals surface area contributed by atoms with Crippen molar-refractivity contribution in [1.82, 2.24) is 23.8 Å². The Morgan fingerprint density at radius 1 is 0.452 bits per heavy atom. The molecule has 42 heavy (non-hydrogen) atoms. The number of fused-ring (bicyclic) bond motifs is 8. The van der Waals surface area contributed by atoms with Crippen molar-refractivity contribution >= 4 is 44.0 Å². The number of pyridine rings is 1. The lowest BCUT2D eigenvalue weighted by atomic mass is 9.85. The predicted octanol–water partition coefficient (Wildman–Crippen LogP) is 8.84. The molecule has 0 atom stereocenters. The van der Waals surface area contributed by atoms with Crippen LogP contribution in [-0.4, -0.2) is 23.8 Å². The van der Waals surface area contributed by atoms with E-state index in [1.54, 1.807) is 6.20 Å². The normalized spacial score (nSPS) is 11.8. The highest BCUT2D eigenvalue weighted by Crippen LogP contribution is 2.44. The summed E-state index contributed by atoms with van der Waals surface area (Å²) in [7, 11) is 0. The molecule has 0 aliphatic rings. The summed E-state index contributed by atoms with van der Waals surface area (Å²) in [5.74, 6) is 0. The molecule has 0 bridgehead atoms. The smallest absolute Gasteiger partial charge is 0.182 e. The fraction of sp³-hybridized carbons (Fsp3) is 0. The fourth-order valence-electron chi connectivity index (χ4n) is 6.43. The molecule has 4 aromatic heterocycles.